The lowest BCUT2D eigenvalue weighted by atomic mass is 9.89. The summed E-state index contributed by atoms with van der Waals surface area (Å²) in [6.07, 6.45) is 6.51. The lowest BCUT2D eigenvalue weighted by Gasteiger charge is -2.33. The summed E-state index contributed by atoms with van der Waals surface area (Å²) in [5.41, 5.74) is 0.0518. The standard InChI is InChI=1S/C13H24N2OS/c1-4-6-13(7-5-2,15-8-10-16-3)12-14-9-11-17-12/h9,11,15H,4-8,10H2,1-3H3. The topological polar surface area (TPSA) is 34.1 Å². The number of nitrogens with zero attached hydrogens (tertiary/aromatic N) is 1. The fraction of sp³-hybridized carbons (Fsp3) is 0.769. The summed E-state index contributed by atoms with van der Waals surface area (Å²) in [6, 6.07) is 0. The molecule has 0 aliphatic heterocycles. The molecule has 4 heteroatoms. The zero-order valence-electron chi connectivity index (χ0n) is 11.2. The summed E-state index contributed by atoms with van der Waals surface area (Å²) >= 11 is 1.75. The van der Waals surface area contributed by atoms with Crippen LogP contribution in [-0.2, 0) is 10.3 Å². The third-order valence-electron chi connectivity index (χ3n) is 2.96. The van der Waals surface area contributed by atoms with E-state index in [-0.39, 0.29) is 5.54 Å². The van der Waals surface area contributed by atoms with Gasteiger partial charge in [-0.15, -0.1) is 11.3 Å². The largest absolute Gasteiger partial charge is 0.383 e. The van der Waals surface area contributed by atoms with Gasteiger partial charge >= 0.3 is 0 Å². The van der Waals surface area contributed by atoms with Crippen LogP contribution in [0.25, 0.3) is 0 Å². The van der Waals surface area contributed by atoms with Gasteiger partial charge < -0.3 is 10.1 Å². The lowest BCUT2D eigenvalue weighted by Crippen LogP contribution is -2.43. The van der Waals surface area contributed by atoms with E-state index in [9.17, 15) is 0 Å². The molecule has 1 N–H and O–H groups in total. The van der Waals surface area contributed by atoms with E-state index in [1.165, 1.54) is 17.8 Å². The first-order valence-corrected chi connectivity index (χ1v) is 7.31. The van der Waals surface area contributed by atoms with Crippen molar-refractivity contribution in [1.82, 2.24) is 10.3 Å². The maximum Gasteiger partial charge on any atom is 0.113 e. The van der Waals surface area contributed by atoms with E-state index in [4.69, 9.17) is 4.74 Å². The maximum atomic E-state index is 5.13. The number of rotatable bonds is 9. The van der Waals surface area contributed by atoms with Crippen LogP contribution in [0.3, 0.4) is 0 Å². The molecule has 0 saturated heterocycles. The summed E-state index contributed by atoms with van der Waals surface area (Å²) in [5.74, 6) is 0. The van der Waals surface area contributed by atoms with Gasteiger partial charge in [0.1, 0.15) is 5.01 Å². The second-order valence-electron chi connectivity index (χ2n) is 4.34. The Morgan fingerprint density at radius 2 is 2.06 bits per heavy atom. The first-order valence-electron chi connectivity index (χ1n) is 6.43. The van der Waals surface area contributed by atoms with Crippen LogP contribution in [0.15, 0.2) is 11.6 Å². The van der Waals surface area contributed by atoms with Gasteiger partial charge in [-0.2, -0.15) is 0 Å². The summed E-state index contributed by atoms with van der Waals surface area (Å²) in [7, 11) is 1.74. The van der Waals surface area contributed by atoms with Crippen LogP contribution in [0.2, 0.25) is 0 Å². The number of hydrogen-bond donors (Lipinski definition) is 1. The monoisotopic (exact) mass is 256 g/mol. The molecule has 0 aliphatic carbocycles. The van der Waals surface area contributed by atoms with Crippen LogP contribution >= 0.6 is 11.3 Å². The number of thiazole rings is 1. The number of methoxy groups -OCH3 is 1. The Bertz CT molecular complexity index is 282. The maximum absolute atomic E-state index is 5.13. The van der Waals surface area contributed by atoms with Gasteiger partial charge in [0, 0.05) is 25.2 Å². The van der Waals surface area contributed by atoms with Gasteiger partial charge in [0.05, 0.1) is 12.1 Å². The van der Waals surface area contributed by atoms with Crippen molar-refractivity contribution in [1.29, 1.82) is 0 Å². The molecule has 1 heterocycles. The molecule has 0 saturated carbocycles. The van der Waals surface area contributed by atoms with Crippen LogP contribution in [0.5, 0.6) is 0 Å². The Morgan fingerprint density at radius 1 is 1.35 bits per heavy atom. The molecule has 0 unspecified atom stereocenters. The average Bonchev–Trinajstić information content (AvgIpc) is 2.83. The molecule has 0 aromatic carbocycles. The Balaban J connectivity index is 2.79. The van der Waals surface area contributed by atoms with E-state index in [1.54, 1.807) is 18.4 Å². The van der Waals surface area contributed by atoms with Gasteiger partial charge in [-0.1, -0.05) is 26.7 Å². The van der Waals surface area contributed by atoms with Crippen molar-refractivity contribution in [3.05, 3.63) is 16.6 Å². The Hall–Kier alpha value is -0.450. The molecule has 3 nitrogen and oxygen atoms in total. The SMILES string of the molecule is CCCC(CCC)(NCCOC)c1nccs1. The van der Waals surface area contributed by atoms with Gasteiger partial charge in [-0.25, -0.2) is 4.98 Å². The van der Waals surface area contributed by atoms with Crippen molar-refractivity contribution in [2.75, 3.05) is 20.3 Å². The highest BCUT2D eigenvalue weighted by Crippen LogP contribution is 2.32. The molecule has 0 fully saturated rings. The third-order valence-corrected chi connectivity index (χ3v) is 3.94. The minimum absolute atomic E-state index is 0.0518. The highest BCUT2D eigenvalue weighted by atomic mass is 32.1. The molecular weight excluding hydrogens is 232 g/mol. The van der Waals surface area contributed by atoms with Crippen molar-refractivity contribution < 1.29 is 4.74 Å². The average molecular weight is 256 g/mol. The number of ether oxygens (including phenoxy) is 1. The van der Waals surface area contributed by atoms with Crippen molar-refractivity contribution in [3.63, 3.8) is 0 Å². The zero-order valence-corrected chi connectivity index (χ0v) is 12.0. The normalized spacial score (nSPS) is 11.9. The number of hydrogen-bond acceptors (Lipinski definition) is 4. The highest BCUT2D eigenvalue weighted by Gasteiger charge is 2.32. The summed E-state index contributed by atoms with van der Waals surface area (Å²) in [6.45, 7) is 6.10. The van der Waals surface area contributed by atoms with E-state index in [0.29, 0.717) is 0 Å². The highest BCUT2D eigenvalue weighted by molar-refractivity contribution is 7.09. The molecule has 0 spiro atoms. The van der Waals surface area contributed by atoms with E-state index < -0.39 is 0 Å². The molecule has 0 atom stereocenters. The Kier molecular flexibility index (Phi) is 6.70. The second-order valence-corrected chi connectivity index (χ2v) is 5.23. The Labute approximate surface area is 109 Å². The van der Waals surface area contributed by atoms with Gasteiger partial charge in [0.2, 0.25) is 0 Å². The molecule has 0 bridgehead atoms. The fourth-order valence-corrected chi connectivity index (χ4v) is 3.17. The first kappa shape index (κ1) is 14.6. The Morgan fingerprint density at radius 3 is 2.53 bits per heavy atom. The van der Waals surface area contributed by atoms with E-state index in [0.717, 1.165) is 26.0 Å². The van der Waals surface area contributed by atoms with Crippen molar-refractivity contribution in [2.45, 2.75) is 45.1 Å². The summed E-state index contributed by atoms with van der Waals surface area (Å²) in [4.78, 5) is 4.52. The fourth-order valence-electron chi connectivity index (χ4n) is 2.30. The number of aromatic nitrogens is 1. The molecule has 0 aliphatic rings. The predicted molar refractivity (Wildman–Crippen MR) is 73.5 cm³/mol. The minimum atomic E-state index is 0.0518. The smallest absolute Gasteiger partial charge is 0.113 e. The van der Waals surface area contributed by atoms with Crippen LogP contribution < -0.4 is 5.32 Å². The van der Waals surface area contributed by atoms with Gasteiger partial charge in [-0.05, 0) is 12.8 Å². The van der Waals surface area contributed by atoms with Gasteiger partial charge in [0.15, 0.2) is 0 Å². The molecule has 1 aromatic heterocycles. The molecule has 17 heavy (non-hydrogen) atoms. The molecule has 1 aromatic rings. The van der Waals surface area contributed by atoms with Gasteiger partial charge in [0.25, 0.3) is 0 Å². The lowest BCUT2D eigenvalue weighted by molar-refractivity contribution is 0.176. The molecular formula is C13H24N2OS. The zero-order chi connectivity index (χ0) is 12.6. The van der Waals surface area contributed by atoms with E-state index in [1.807, 2.05) is 6.20 Å². The van der Waals surface area contributed by atoms with Gasteiger partial charge in [-0.3, -0.25) is 0 Å². The number of nitrogens with one attached hydrogen (secondary N) is 1. The second kappa shape index (κ2) is 7.80. The van der Waals surface area contributed by atoms with Crippen molar-refractivity contribution in [2.24, 2.45) is 0 Å². The predicted octanol–water partition coefficient (Wildman–Crippen LogP) is 3.17. The van der Waals surface area contributed by atoms with E-state index in [2.05, 4.69) is 29.5 Å². The van der Waals surface area contributed by atoms with Crippen LogP contribution in [-0.4, -0.2) is 25.2 Å². The molecule has 1 rings (SSSR count). The molecule has 0 amide bonds. The van der Waals surface area contributed by atoms with Crippen LogP contribution in [0, 0.1) is 0 Å². The van der Waals surface area contributed by atoms with E-state index >= 15 is 0 Å². The summed E-state index contributed by atoms with van der Waals surface area (Å²) < 4.78 is 5.13. The van der Waals surface area contributed by atoms with Crippen molar-refractivity contribution >= 4 is 11.3 Å². The summed E-state index contributed by atoms with van der Waals surface area (Å²) in [5, 5.41) is 6.94. The van der Waals surface area contributed by atoms with Crippen LogP contribution in [0.4, 0.5) is 0 Å². The third kappa shape index (κ3) is 4.05. The van der Waals surface area contributed by atoms with Crippen LogP contribution in [0.1, 0.15) is 44.5 Å². The van der Waals surface area contributed by atoms with Crippen molar-refractivity contribution in [3.8, 4) is 0 Å². The minimum Gasteiger partial charge on any atom is -0.383 e. The quantitative estimate of drug-likeness (QED) is 0.689. The first-order chi connectivity index (χ1) is 8.29. The molecule has 98 valence electrons. The molecule has 0 radical (unpaired) electrons.